The van der Waals surface area contributed by atoms with Crippen LogP contribution in [0.15, 0.2) is 10.9 Å². The Labute approximate surface area is 76.8 Å². The second kappa shape index (κ2) is 2.71. The summed E-state index contributed by atoms with van der Waals surface area (Å²) < 4.78 is 0.724. The molecule has 0 aliphatic heterocycles. The van der Waals surface area contributed by atoms with Crippen LogP contribution in [0.2, 0.25) is 0 Å². The lowest BCUT2D eigenvalue weighted by atomic mass is 10.6. The van der Waals surface area contributed by atoms with Crippen LogP contribution in [0.1, 0.15) is 0 Å². The van der Waals surface area contributed by atoms with Gasteiger partial charge in [0.05, 0.1) is 0 Å². The van der Waals surface area contributed by atoms with E-state index in [-0.39, 0.29) is 0 Å². The van der Waals surface area contributed by atoms with Crippen molar-refractivity contribution >= 4 is 33.0 Å². The normalized spacial score (nSPS) is 10.5. The predicted molar refractivity (Wildman–Crippen MR) is 48.9 cm³/mol. The molecule has 2 rings (SSSR count). The van der Waals surface area contributed by atoms with Gasteiger partial charge in [-0.25, -0.2) is 9.97 Å². The van der Waals surface area contributed by atoms with Crippen molar-refractivity contribution in [2.75, 3.05) is 12.4 Å². The first-order valence-electron chi connectivity index (χ1n) is 3.35. The fraction of sp³-hybridized carbons (Fsp3) is 0.167. The van der Waals surface area contributed by atoms with Crippen molar-refractivity contribution in [1.29, 1.82) is 0 Å². The highest BCUT2D eigenvalue weighted by atomic mass is 79.9. The number of imidazole rings is 1. The van der Waals surface area contributed by atoms with E-state index in [4.69, 9.17) is 0 Å². The molecule has 0 aromatic carbocycles. The first kappa shape index (κ1) is 7.48. The monoisotopic (exact) mass is 227 g/mol. The SMILES string of the molecule is CNc1nc2ncnc(Br)c2[nH]1. The zero-order valence-electron chi connectivity index (χ0n) is 6.30. The van der Waals surface area contributed by atoms with Gasteiger partial charge >= 0.3 is 0 Å². The van der Waals surface area contributed by atoms with E-state index in [1.807, 2.05) is 0 Å². The lowest BCUT2D eigenvalue weighted by Gasteiger charge is -1.88. The molecule has 0 aliphatic carbocycles. The molecule has 2 aromatic heterocycles. The fourth-order valence-corrected chi connectivity index (χ4v) is 1.29. The molecule has 2 N–H and O–H groups in total. The molecule has 2 aromatic rings. The van der Waals surface area contributed by atoms with Crippen molar-refractivity contribution in [1.82, 2.24) is 19.9 Å². The fourth-order valence-electron chi connectivity index (χ4n) is 0.919. The van der Waals surface area contributed by atoms with Crippen LogP contribution in [-0.2, 0) is 0 Å². The van der Waals surface area contributed by atoms with Gasteiger partial charge in [-0.15, -0.1) is 0 Å². The van der Waals surface area contributed by atoms with Gasteiger partial charge in [0.2, 0.25) is 5.95 Å². The maximum atomic E-state index is 4.14. The van der Waals surface area contributed by atoms with Crippen LogP contribution in [0.25, 0.3) is 11.2 Å². The summed E-state index contributed by atoms with van der Waals surface area (Å²) in [5.74, 6) is 0.686. The number of fused-ring (bicyclic) bond motifs is 1. The van der Waals surface area contributed by atoms with Crippen molar-refractivity contribution < 1.29 is 0 Å². The molecule has 2 heterocycles. The Balaban J connectivity index is 2.74. The molecule has 6 heteroatoms. The maximum Gasteiger partial charge on any atom is 0.202 e. The Kier molecular flexibility index (Phi) is 1.69. The molecule has 62 valence electrons. The van der Waals surface area contributed by atoms with Crippen LogP contribution in [0, 0.1) is 0 Å². The molecule has 0 saturated heterocycles. The number of anilines is 1. The van der Waals surface area contributed by atoms with Gasteiger partial charge in [0.25, 0.3) is 0 Å². The van der Waals surface area contributed by atoms with E-state index < -0.39 is 0 Å². The second-order valence-corrected chi connectivity index (χ2v) is 2.95. The highest BCUT2D eigenvalue weighted by Gasteiger charge is 2.05. The molecular formula is C6H6BrN5. The largest absolute Gasteiger partial charge is 0.359 e. The molecule has 0 aliphatic rings. The van der Waals surface area contributed by atoms with Crippen molar-refractivity contribution in [3.05, 3.63) is 10.9 Å². The van der Waals surface area contributed by atoms with Gasteiger partial charge in [0.1, 0.15) is 16.4 Å². The summed E-state index contributed by atoms with van der Waals surface area (Å²) in [6.45, 7) is 0. The third-order valence-electron chi connectivity index (χ3n) is 1.48. The number of aromatic nitrogens is 4. The molecule has 0 amide bonds. The van der Waals surface area contributed by atoms with Gasteiger partial charge in [-0.05, 0) is 15.9 Å². The Morgan fingerprint density at radius 1 is 1.50 bits per heavy atom. The van der Waals surface area contributed by atoms with Crippen molar-refractivity contribution in [2.24, 2.45) is 0 Å². The standard InChI is InChI=1S/C6H6BrN5/c1-8-6-11-3-4(7)9-2-10-5(3)12-6/h2H,1H3,(H2,8,9,10,11,12). The summed E-state index contributed by atoms with van der Waals surface area (Å²) >= 11 is 3.29. The van der Waals surface area contributed by atoms with Gasteiger partial charge in [-0.1, -0.05) is 0 Å². The summed E-state index contributed by atoms with van der Waals surface area (Å²) in [5, 5.41) is 2.89. The number of rotatable bonds is 1. The lowest BCUT2D eigenvalue weighted by molar-refractivity contribution is 1.17. The Hall–Kier alpha value is -1.17. The molecule has 0 fully saturated rings. The summed E-state index contributed by atoms with van der Waals surface area (Å²) in [6, 6.07) is 0. The van der Waals surface area contributed by atoms with Crippen LogP contribution in [0.4, 0.5) is 5.95 Å². The molecule has 0 saturated carbocycles. The molecule has 0 spiro atoms. The Bertz CT molecular complexity index is 409. The molecular weight excluding hydrogens is 222 g/mol. The summed E-state index contributed by atoms with van der Waals surface area (Å²) in [4.78, 5) is 15.1. The van der Waals surface area contributed by atoms with E-state index in [1.165, 1.54) is 6.33 Å². The van der Waals surface area contributed by atoms with E-state index in [0.717, 1.165) is 10.1 Å². The Morgan fingerprint density at radius 2 is 2.33 bits per heavy atom. The van der Waals surface area contributed by atoms with Gasteiger partial charge < -0.3 is 10.3 Å². The number of halogens is 1. The zero-order chi connectivity index (χ0) is 8.55. The summed E-state index contributed by atoms with van der Waals surface area (Å²) in [6.07, 6.45) is 1.46. The number of nitrogens with zero attached hydrogens (tertiary/aromatic N) is 3. The van der Waals surface area contributed by atoms with Crippen LogP contribution in [0.5, 0.6) is 0 Å². The van der Waals surface area contributed by atoms with Gasteiger partial charge in [0, 0.05) is 7.05 Å². The molecule has 12 heavy (non-hydrogen) atoms. The number of aromatic amines is 1. The molecule has 0 unspecified atom stereocenters. The van der Waals surface area contributed by atoms with Crippen LogP contribution < -0.4 is 5.32 Å². The van der Waals surface area contributed by atoms with Crippen LogP contribution >= 0.6 is 15.9 Å². The quantitative estimate of drug-likeness (QED) is 0.718. The lowest BCUT2D eigenvalue weighted by Crippen LogP contribution is -1.88. The average Bonchev–Trinajstić information content (AvgIpc) is 2.49. The summed E-state index contributed by atoms with van der Waals surface area (Å²) in [7, 11) is 1.79. The zero-order valence-corrected chi connectivity index (χ0v) is 7.88. The minimum absolute atomic E-state index is 0.654. The minimum Gasteiger partial charge on any atom is -0.359 e. The number of nitrogens with one attached hydrogen (secondary N) is 2. The number of hydrogen-bond donors (Lipinski definition) is 2. The van der Waals surface area contributed by atoms with Crippen molar-refractivity contribution in [3.63, 3.8) is 0 Å². The number of hydrogen-bond acceptors (Lipinski definition) is 4. The van der Waals surface area contributed by atoms with E-state index in [9.17, 15) is 0 Å². The van der Waals surface area contributed by atoms with Crippen molar-refractivity contribution in [3.8, 4) is 0 Å². The molecule has 5 nitrogen and oxygen atoms in total. The highest BCUT2D eigenvalue weighted by molar-refractivity contribution is 9.10. The molecule has 0 bridgehead atoms. The maximum absolute atomic E-state index is 4.14. The summed E-state index contributed by atoms with van der Waals surface area (Å²) in [5.41, 5.74) is 1.46. The third-order valence-corrected chi connectivity index (χ3v) is 2.08. The van der Waals surface area contributed by atoms with Crippen LogP contribution in [-0.4, -0.2) is 27.0 Å². The van der Waals surface area contributed by atoms with Crippen molar-refractivity contribution in [2.45, 2.75) is 0 Å². The van der Waals surface area contributed by atoms with Gasteiger partial charge in [-0.3, -0.25) is 0 Å². The molecule has 0 radical (unpaired) electrons. The van der Waals surface area contributed by atoms with E-state index in [2.05, 4.69) is 41.2 Å². The first-order valence-corrected chi connectivity index (χ1v) is 4.14. The first-order chi connectivity index (χ1) is 5.81. The minimum atomic E-state index is 0.654. The third kappa shape index (κ3) is 1.04. The van der Waals surface area contributed by atoms with E-state index in [1.54, 1.807) is 7.05 Å². The van der Waals surface area contributed by atoms with E-state index in [0.29, 0.717) is 11.6 Å². The number of H-pyrrole nitrogens is 1. The smallest absolute Gasteiger partial charge is 0.202 e. The second-order valence-electron chi connectivity index (χ2n) is 2.20. The van der Waals surface area contributed by atoms with E-state index >= 15 is 0 Å². The molecule has 0 atom stereocenters. The average molecular weight is 228 g/mol. The van der Waals surface area contributed by atoms with Crippen LogP contribution in [0.3, 0.4) is 0 Å². The predicted octanol–water partition coefficient (Wildman–Crippen LogP) is 1.16. The van der Waals surface area contributed by atoms with Gasteiger partial charge in [-0.2, -0.15) is 4.98 Å². The van der Waals surface area contributed by atoms with Gasteiger partial charge in [0.15, 0.2) is 5.65 Å². The Morgan fingerprint density at radius 3 is 3.00 bits per heavy atom. The highest BCUT2D eigenvalue weighted by Crippen LogP contribution is 2.18. The topological polar surface area (TPSA) is 66.5 Å².